The van der Waals surface area contributed by atoms with Gasteiger partial charge in [-0.25, -0.2) is 0 Å². The molecule has 1 heterocycles. The summed E-state index contributed by atoms with van der Waals surface area (Å²) < 4.78 is 17.7. The highest BCUT2D eigenvalue weighted by Gasteiger charge is 2.11. The molecule has 0 unspecified atom stereocenters. The zero-order valence-corrected chi connectivity index (χ0v) is 19.2. The Balaban J connectivity index is 1.53. The van der Waals surface area contributed by atoms with Crippen LogP contribution in [0.15, 0.2) is 48.5 Å². The summed E-state index contributed by atoms with van der Waals surface area (Å²) in [6.07, 6.45) is 0. The Morgan fingerprint density at radius 3 is 1.29 bits per heavy atom. The van der Waals surface area contributed by atoms with Crippen molar-refractivity contribution in [3.8, 4) is 0 Å². The highest BCUT2D eigenvalue weighted by atomic mass is 16.5. The van der Waals surface area contributed by atoms with E-state index in [1.54, 1.807) is 0 Å². The molecule has 1 saturated heterocycles. The van der Waals surface area contributed by atoms with Crippen molar-refractivity contribution in [1.29, 1.82) is 0 Å². The lowest BCUT2D eigenvalue weighted by molar-refractivity contribution is 0.0310. The molecule has 1 fully saturated rings. The normalized spacial score (nSPS) is 18.9. The number of hydrogen-bond donors (Lipinski definition) is 0. The molecule has 0 aliphatic carbocycles. The second-order valence-electron chi connectivity index (χ2n) is 8.24. The molecule has 2 aromatic rings. The van der Waals surface area contributed by atoms with Gasteiger partial charge in [0.2, 0.25) is 0 Å². The Kier molecular flexibility index (Phi) is 10.5. The average Bonchev–Trinajstić information content (AvgIpc) is 2.78. The van der Waals surface area contributed by atoms with Crippen molar-refractivity contribution in [2.24, 2.45) is 0 Å². The van der Waals surface area contributed by atoms with E-state index in [1.807, 2.05) is 0 Å². The van der Waals surface area contributed by atoms with Crippen LogP contribution < -0.4 is 0 Å². The fourth-order valence-corrected chi connectivity index (χ4v) is 3.80. The lowest BCUT2D eigenvalue weighted by Crippen LogP contribution is -2.33. The minimum atomic E-state index is 0.645. The zero-order chi connectivity index (χ0) is 21.7. The summed E-state index contributed by atoms with van der Waals surface area (Å²) in [5, 5.41) is 0. The van der Waals surface area contributed by atoms with E-state index in [1.165, 1.54) is 22.3 Å². The molecule has 2 aromatic carbocycles. The Labute approximate surface area is 187 Å². The predicted octanol–water partition coefficient (Wildman–Crippen LogP) is 3.67. The molecule has 0 radical (unpaired) electrons. The van der Waals surface area contributed by atoms with Gasteiger partial charge in [0.1, 0.15) is 0 Å². The number of nitrogens with zero attached hydrogens (tertiary/aromatic N) is 2. The monoisotopic (exact) mass is 426 g/mol. The van der Waals surface area contributed by atoms with E-state index >= 15 is 0 Å². The molecule has 5 nitrogen and oxygen atoms in total. The summed E-state index contributed by atoms with van der Waals surface area (Å²) in [7, 11) is 0. The van der Waals surface area contributed by atoms with Crippen molar-refractivity contribution in [2.75, 3.05) is 65.8 Å². The lowest BCUT2D eigenvalue weighted by atomic mass is 10.1. The van der Waals surface area contributed by atoms with Gasteiger partial charge in [0, 0.05) is 39.3 Å². The van der Waals surface area contributed by atoms with Crippen LogP contribution in [0.3, 0.4) is 0 Å². The highest BCUT2D eigenvalue weighted by Crippen LogP contribution is 2.12. The van der Waals surface area contributed by atoms with Gasteiger partial charge in [-0.15, -0.1) is 0 Å². The van der Waals surface area contributed by atoms with Crippen LogP contribution in [0, 0.1) is 13.8 Å². The van der Waals surface area contributed by atoms with E-state index in [2.05, 4.69) is 72.2 Å². The van der Waals surface area contributed by atoms with Crippen LogP contribution in [-0.4, -0.2) is 75.6 Å². The van der Waals surface area contributed by atoms with Gasteiger partial charge in [-0.2, -0.15) is 0 Å². The summed E-state index contributed by atoms with van der Waals surface area (Å²) in [5.41, 5.74) is 5.40. The first-order chi connectivity index (χ1) is 15.2. The average molecular weight is 427 g/mol. The van der Waals surface area contributed by atoms with Gasteiger partial charge in [-0.3, -0.25) is 9.80 Å². The van der Waals surface area contributed by atoms with E-state index in [0.717, 1.165) is 52.5 Å². The van der Waals surface area contributed by atoms with E-state index in [9.17, 15) is 0 Å². The maximum absolute atomic E-state index is 6.04. The fraction of sp³-hybridized carbons (Fsp3) is 0.538. The molecule has 0 spiro atoms. The molecule has 170 valence electrons. The highest BCUT2D eigenvalue weighted by molar-refractivity contribution is 5.26. The summed E-state index contributed by atoms with van der Waals surface area (Å²) in [4.78, 5) is 4.85. The third kappa shape index (κ3) is 8.71. The molecule has 3 rings (SSSR count). The summed E-state index contributed by atoms with van der Waals surface area (Å²) in [6, 6.07) is 17.2. The molecule has 1 aliphatic rings. The van der Waals surface area contributed by atoms with Crippen LogP contribution in [-0.2, 0) is 27.3 Å². The maximum Gasteiger partial charge on any atom is 0.0701 e. The quantitative estimate of drug-likeness (QED) is 0.745. The number of aryl methyl sites for hydroxylation is 2. The number of ether oxygens (including phenoxy) is 3. The first-order valence-corrected chi connectivity index (χ1v) is 11.5. The minimum Gasteiger partial charge on any atom is -0.379 e. The smallest absolute Gasteiger partial charge is 0.0701 e. The largest absolute Gasteiger partial charge is 0.379 e. The fourth-order valence-electron chi connectivity index (χ4n) is 3.80. The standard InChI is InChI=1S/C26H38N2O3/c1-23-7-3-5-9-25(23)21-27-11-15-29-16-12-28(14-18-31-20-19-30-17-13-27)22-26-10-6-4-8-24(26)2/h3-10H,11-22H2,1-2H3. The molecule has 0 bridgehead atoms. The van der Waals surface area contributed by atoms with Gasteiger partial charge in [0.05, 0.1) is 39.6 Å². The lowest BCUT2D eigenvalue weighted by Gasteiger charge is -2.24. The second kappa shape index (κ2) is 13.6. The summed E-state index contributed by atoms with van der Waals surface area (Å²) in [6.45, 7) is 14.0. The predicted molar refractivity (Wildman–Crippen MR) is 125 cm³/mol. The van der Waals surface area contributed by atoms with Crippen molar-refractivity contribution in [3.63, 3.8) is 0 Å². The molecule has 0 N–H and O–H groups in total. The molecule has 0 aromatic heterocycles. The molecule has 0 amide bonds. The van der Waals surface area contributed by atoms with Crippen molar-refractivity contribution >= 4 is 0 Å². The van der Waals surface area contributed by atoms with E-state index in [-0.39, 0.29) is 0 Å². The SMILES string of the molecule is Cc1ccccc1CN1CCOCCOCCN(Cc2ccccc2C)CCOCC1. The maximum atomic E-state index is 6.04. The molecule has 1 aliphatic heterocycles. The Hall–Kier alpha value is -1.76. The summed E-state index contributed by atoms with van der Waals surface area (Å²) in [5.74, 6) is 0. The van der Waals surface area contributed by atoms with E-state index in [0.29, 0.717) is 26.4 Å². The molecule has 0 atom stereocenters. The molecule has 5 heteroatoms. The molecular formula is C26H38N2O3. The van der Waals surface area contributed by atoms with E-state index in [4.69, 9.17) is 14.2 Å². The van der Waals surface area contributed by atoms with Gasteiger partial charge in [-0.1, -0.05) is 48.5 Å². The number of hydrogen-bond acceptors (Lipinski definition) is 5. The van der Waals surface area contributed by atoms with Crippen molar-refractivity contribution in [1.82, 2.24) is 9.80 Å². The van der Waals surface area contributed by atoms with Gasteiger partial charge < -0.3 is 14.2 Å². The van der Waals surface area contributed by atoms with Crippen LogP contribution in [0.2, 0.25) is 0 Å². The first-order valence-electron chi connectivity index (χ1n) is 11.5. The van der Waals surface area contributed by atoms with E-state index < -0.39 is 0 Å². The Morgan fingerprint density at radius 1 is 0.548 bits per heavy atom. The number of rotatable bonds is 4. The molecular weight excluding hydrogens is 388 g/mol. The zero-order valence-electron chi connectivity index (χ0n) is 19.2. The second-order valence-corrected chi connectivity index (χ2v) is 8.24. The third-order valence-electron chi connectivity index (χ3n) is 5.89. The van der Waals surface area contributed by atoms with Crippen LogP contribution in [0.5, 0.6) is 0 Å². The topological polar surface area (TPSA) is 34.2 Å². The Morgan fingerprint density at radius 2 is 0.903 bits per heavy atom. The Bertz CT molecular complexity index is 704. The molecule has 0 saturated carbocycles. The van der Waals surface area contributed by atoms with Crippen LogP contribution >= 0.6 is 0 Å². The van der Waals surface area contributed by atoms with Crippen molar-refractivity contribution < 1.29 is 14.2 Å². The number of benzene rings is 2. The van der Waals surface area contributed by atoms with Crippen LogP contribution in [0.25, 0.3) is 0 Å². The third-order valence-corrected chi connectivity index (χ3v) is 5.89. The van der Waals surface area contributed by atoms with Crippen molar-refractivity contribution in [2.45, 2.75) is 26.9 Å². The van der Waals surface area contributed by atoms with Crippen LogP contribution in [0.4, 0.5) is 0 Å². The van der Waals surface area contributed by atoms with Gasteiger partial charge in [0.25, 0.3) is 0 Å². The van der Waals surface area contributed by atoms with Crippen LogP contribution in [0.1, 0.15) is 22.3 Å². The minimum absolute atomic E-state index is 0.645. The first kappa shape index (κ1) is 23.9. The summed E-state index contributed by atoms with van der Waals surface area (Å²) >= 11 is 0. The molecule has 31 heavy (non-hydrogen) atoms. The van der Waals surface area contributed by atoms with Crippen molar-refractivity contribution in [3.05, 3.63) is 70.8 Å². The van der Waals surface area contributed by atoms with Gasteiger partial charge in [-0.05, 0) is 36.1 Å². The van der Waals surface area contributed by atoms with Gasteiger partial charge >= 0.3 is 0 Å². The van der Waals surface area contributed by atoms with Gasteiger partial charge in [0.15, 0.2) is 0 Å².